The van der Waals surface area contributed by atoms with E-state index in [9.17, 15) is 4.39 Å². The third-order valence-corrected chi connectivity index (χ3v) is 38.7. The van der Waals surface area contributed by atoms with Gasteiger partial charge >= 0.3 is 0 Å². The normalized spacial score (nSPS) is 19.7. The zero-order valence-corrected chi connectivity index (χ0v) is 91.4. The molecule has 0 aliphatic heterocycles. The molecule has 5 nitrogen and oxygen atoms in total. The summed E-state index contributed by atoms with van der Waals surface area (Å²) < 4.78 is 69.9. The molecule has 27 rings (SSSR count). The number of aromatic nitrogens is 5. The summed E-state index contributed by atoms with van der Waals surface area (Å²) in [6, 6.07) is 59.3. The van der Waals surface area contributed by atoms with Crippen LogP contribution in [-0.4, -0.2) is 0 Å². The van der Waals surface area contributed by atoms with Crippen LogP contribution in [0.1, 0.15) is 364 Å². The van der Waals surface area contributed by atoms with Crippen molar-refractivity contribution in [2.45, 2.75) is 351 Å². The topological polar surface area (TPSA) is 19.4 Å². The Morgan fingerprint density at radius 1 is 0.290 bits per heavy atom. The van der Waals surface area contributed by atoms with E-state index in [1.807, 2.05) is 40.8 Å². The first-order valence-corrected chi connectivity index (χ1v) is 57.1. The van der Waals surface area contributed by atoms with Crippen molar-refractivity contribution in [1.82, 2.24) is 0 Å². The van der Waals surface area contributed by atoms with E-state index in [2.05, 4.69) is 260 Å². The van der Waals surface area contributed by atoms with Crippen molar-refractivity contribution in [2.24, 2.45) is 64.8 Å². The minimum absolute atomic E-state index is 0.0625. The summed E-state index contributed by atoms with van der Waals surface area (Å²) in [6.07, 6.45) is 46.5. The molecular weight excluding hydrogens is 1760 g/mol. The summed E-state index contributed by atoms with van der Waals surface area (Å²) >= 11 is 0. The highest BCUT2D eigenvalue weighted by Gasteiger charge is 2.43. The Balaban J connectivity index is 0.000000106. The lowest BCUT2D eigenvalue weighted by molar-refractivity contribution is -0.665. The average Bonchev–Trinajstić information content (AvgIpc) is 0.922. The molecule has 7 saturated carbocycles. The second-order valence-corrected chi connectivity index (χ2v) is 48.5. The molecule has 6 heteroatoms. The number of aryl methyl sites for hydroxylation is 7. The van der Waals surface area contributed by atoms with Crippen molar-refractivity contribution < 1.29 is 34.1 Å². The predicted octanol–water partition coefficient (Wildman–Crippen LogP) is 33.4. The van der Waals surface area contributed by atoms with Gasteiger partial charge in [-0.25, -0.2) is 4.39 Å². The molecule has 15 aromatic rings. The molecule has 0 amide bonds. The van der Waals surface area contributed by atoms with Crippen LogP contribution in [0.5, 0.6) is 0 Å². The minimum Gasteiger partial charge on any atom is -0.206 e. The van der Waals surface area contributed by atoms with Crippen LogP contribution < -0.4 is 22.8 Å². The van der Waals surface area contributed by atoms with Crippen LogP contribution in [0, 0.1) is 118 Å². The molecule has 0 N–H and O–H groups in total. The van der Waals surface area contributed by atoms with E-state index in [0.29, 0.717) is 41.3 Å². The van der Waals surface area contributed by atoms with Gasteiger partial charge in [0.05, 0.1) is 61.6 Å². The van der Waals surface area contributed by atoms with Crippen LogP contribution in [0.2, 0.25) is 0 Å². The van der Waals surface area contributed by atoms with E-state index >= 15 is 0 Å². The van der Waals surface area contributed by atoms with Crippen LogP contribution in [0.15, 0.2) is 176 Å². The third kappa shape index (κ3) is 19.0. The van der Waals surface area contributed by atoms with Gasteiger partial charge < -0.3 is 0 Å². The standard InChI is InChI=1S/C30H36N.C29H34N.2C27H32N.C26H31FN/c1-19-14-28-23-9-11-24(12-10-23)29(28)18-27(19)30-26-13-8-22(16-21-6-4-5-7-21)17-25(26)15-20(2)31(30)3;1-18-12-27-22-9-10-23(16-22)28(27)17-26(18)29-25-11-8-21(14-20-6-4-5-7-20)15-24(25)13-19(2)30(29)3;1-17-9-8-12-22-24(17)26-25-21(13-18(2)28(26)5)15-20(14-19-10-6-7-11-19)16-23(25)27(22,3)4;1-18-13-22-9-6-10-23(22)17-26(18)27-25-12-11-21(15-20-7-4-5-8-20)16-24(25)14-19(2)28(27)3;1-16-12-24(18(3)19(4)25(16)27)26-23-11-10-21(14-20-8-6-7-9-20)15-22(23)13-17(2)28(26)5/h8,13-15,17-18,21,23-24H,4-7,9-12,16H2,1-3H3;8,11-13,15,17,20,22-23H,4-7,9-10,14,16H2,1-3H3;8-9,12-13,15-16,19H,6-7,10-11,14H2,1-5H3;11-14,16-17,20H,4-10,15H2,1-3H3;10-13,15,20H,6-9,14H2,1-5H3/q5*+1/i15D;2*13D;14D;13D. The third-order valence-electron chi connectivity index (χ3n) is 38.7. The van der Waals surface area contributed by atoms with E-state index in [-0.39, 0.29) is 11.2 Å². The van der Waals surface area contributed by atoms with Gasteiger partial charge in [0.15, 0.2) is 28.5 Å². The van der Waals surface area contributed by atoms with E-state index in [0.717, 1.165) is 144 Å². The van der Waals surface area contributed by atoms with E-state index in [1.165, 1.54) is 351 Å². The largest absolute Gasteiger partial charge is 0.221 e. The molecule has 2 atom stereocenters. The average molecular weight is 1930 g/mol. The molecule has 5 aromatic heterocycles. The molecule has 12 aliphatic carbocycles. The first kappa shape index (κ1) is 92.8. The predicted molar refractivity (Wildman–Crippen MR) is 605 cm³/mol. The quantitative estimate of drug-likeness (QED) is 0.0967. The Kier molecular flexibility index (Phi) is 26.0. The van der Waals surface area contributed by atoms with Gasteiger partial charge in [-0.2, -0.15) is 22.8 Å². The maximum absolute atomic E-state index is 14.5. The second-order valence-electron chi connectivity index (χ2n) is 48.5. The number of pyridine rings is 5. The Morgan fingerprint density at radius 2 is 0.614 bits per heavy atom. The highest BCUT2D eigenvalue weighted by Crippen LogP contribution is 2.57. The van der Waals surface area contributed by atoms with Crippen molar-refractivity contribution in [3.8, 4) is 56.3 Å². The maximum atomic E-state index is 14.5. The summed E-state index contributed by atoms with van der Waals surface area (Å²) in [5, 5.41) is 11.6. The van der Waals surface area contributed by atoms with Crippen LogP contribution in [0.25, 0.3) is 110 Å². The van der Waals surface area contributed by atoms with Gasteiger partial charge in [0.1, 0.15) is 41.1 Å². The highest BCUT2D eigenvalue weighted by atomic mass is 19.1. The Labute approximate surface area is 875 Å². The van der Waals surface area contributed by atoms with Crippen molar-refractivity contribution in [2.75, 3.05) is 0 Å². The van der Waals surface area contributed by atoms with E-state index in [1.54, 1.807) is 22.3 Å². The van der Waals surface area contributed by atoms with Crippen LogP contribution in [0.3, 0.4) is 0 Å². The molecule has 0 radical (unpaired) electrons. The molecule has 12 aliphatic rings. The van der Waals surface area contributed by atoms with E-state index < -0.39 is 0 Å². The number of halogens is 1. The van der Waals surface area contributed by atoms with Crippen LogP contribution >= 0.6 is 0 Å². The van der Waals surface area contributed by atoms with Crippen LogP contribution in [0.4, 0.5) is 4.39 Å². The number of nitrogens with zero attached hydrogens (tertiary/aromatic N) is 5. The smallest absolute Gasteiger partial charge is 0.206 e. The van der Waals surface area contributed by atoms with Gasteiger partial charge in [0.2, 0.25) is 28.5 Å². The number of fused-ring (bicyclic) bond motifs is 14. The summed E-state index contributed by atoms with van der Waals surface area (Å²) in [6.45, 7) is 29.9. The number of rotatable bonds is 14. The monoisotopic (exact) mass is 1930 g/mol. The molecule has 4 bridgehead atoms. The van der Waals surface area contributed by atoms with Gasteiger partial charge in [0, 0.05) is 70.2 Å². The Bertz CT molecular complexity index is 7930. The highest BCUT2D eigenvalue weighted by molar-refractivity contribution is 6.02. The van der Waals surface area contributed by atoms with Gasteiger partial charge in [-0.05, 0) is 385 Å². The SMILES string of the molecule is [2H]c1c(C)[n+](C)c(-c2cc(C)c(F)c(C)c2C)c2ccc(CC3CCCC3)cc12.[2H]c1c(C)[n+](C)c(-c2cc3c(cc2C)C2CCC3C2)c2ccc(CC3CCCC3)cc12.[2H]c1c(C)[n+](C)c(-c2cc3c(cc2C)C2CCC3CC2)c2ccc(CC3CCCC3)cc12.[2H]c1c(C)[n+](C)c(-c2cc3c(cc2C)CCC3)c2ccc(CC3CCCC3)cc12.[2H]c1c(C)[n+](C)c2c3c(cc(CC4CCCC4)cc13)C(C)(C)c1cccc(C)c1-2. The summed E-state index contributed by atoms with van der Waals surface area (Å²) in [4.78, 5) is 0. The Morgan fingerprint density at radius 3 is 1.02 bits per heavy atom. The molecule has 2 unspecified atom stereocenters. The fourth-order valence-electron chi connectivity index (χ4n) is 29.9. The number of benzene rings is 10. The lowest BCUT2D eigenvalue weighted by Gasteiger charge is -2.38. The maximum Gasteiger partial charge on any atom is 0.221 e. The minimum atomic E-state index is -0.120. The number of hydrogen-bond donors (Lipinski definition) is 0. The van der Waals surface area contributed by atoms with Gasteiger partial charge in [-0.3, -0.25) is 0 Å². The molecular formula is C139H165FN5+5. The summed E-state index contributed by atoms with van der Waals surface area (Å²) in [7, 11) is 10.6. The molecule has 7 fully saturated rings. The zero-order valence-electron chi connectivity index (χ0n) is 96.4. The first-order valence-electron chi connectivity index (χ1n) is 59.6. The summed E-state index contributed by atoms with van der Waals surface area (Å²) in [5.41, 5.74) is 44.9. The zero-order chi connectivity index (χ0) is 105. The first-order chi connectivity index (χ1) is 72.1. The fraction of sp³-hybridized carbons (Fsp3) is 0.460. The van der Waals surface area contributed by atoms with Gasteiger partial charge in [-0.15, -0.1) is 0 Å². The molecule has 0 saturated heterocycles. The summed E-state index contributed by atoms with van der Waals surface area (Å²) in [5.74, 6) is 7.08. The van der Waals surface area contributed by atoms with Crippen molar-refractivity contribution in [3.05, 3.63) is 321 Å². The lowest BCUT2D eigenvalue weighted by atomic mass is 9.66. The second kappa shape index (κ2) is 40.7. The van der Waals surface area contributed by atoms with Gasteiger partial charge in [-0.1, -0.05) is 239 Å². The molecule has 0 spiro atoms. The van der Waals surface area contributed by atoms with Gasteiger partial charge in [0.25, 0.3) is 0 Å². The van der Waals surface area contributed by atoms with Crippen LogP contribution in [-0.2, 0) is 85.6 Å². The van der Waals surface area contributed by atoms with Crippen molar-refractivity contribution in [1.29, 1.82) is 0 Å². The molecule has 10 aromatic carbocycles. The van der Waals surface area contributed by atoms with Crippen molar-refractivity contribution >= 4 is 53.9 Å². The Hall–Kier alpha value is -10.8. The van der Waals surface area contributed by atoms with E-state index in [4.69, 9.17) is 6.85 Å². The fourth-order valence-corrected chi connectivity index (χ4v) is 29.9. The molecule has 748 valence electrons. The lowest BCUT2D eigenvalue weighted by Crippen LogP contribution is -2.38. The number of hydrogen-bond acceptors (Lipinski definition) is 0. The molecule has 5 heterocycles. The molecule has 145 heavy (non-hydrogen) atoms. The van der Waals surface area contributed by atoms with Crippen molar-refractivity contribution in [3.63, 3.8) is 0 Å².